The van der Waals surface area contributed by atoms with Crippen LogP contribution in [-0.2, 0) is 9.47 Å². The first-order chi connectivity index (χ1) is 9.83. The highest BCUT2D eigenvalue weighted by molar-refractivity contribution is 5.79. The molecule has 2 rings (SSSR count). The second-order valence-corrected chi connectivity index (χ2v) is 5.39. The van der Waals surface area contributed by atoms with Gasteiger partial charge in [-0.25, -0.2) is 0 Å². The van der Waals surface area contributed by atoms with E-state index in [0.29, 0.717) is 12.7 Å². The van der Waals surface area contributed by atoms with Gasteiger partial charge in [0.05, 0.1) is 12.7 Å². The van der Waals surface area contributed by atoms with E-state index in [1.54, 1.807) is 7.11 Å². The van der Waals surface area contributed by atoms with Crippen LogP contribution < -0.4 is 5.32 Å². The largest absolute Gasteiger partial charge is 0.383 e. The molecule has 0 bridgehead atoms. The van der Waals surface area contributed by atoms with E-state index in [0.717, 1.165) is 51.8 Å². The predicted molar refractivity (Wildman–Crippen MR) is 80.2 cm³/mol. The van der Waals surface area contributed by atoms with Gasteiger partial charge < -0.3 is 19.7 Å². The van der Waals surface area contributed by atoms with Crippen molar-refractivity contribution in [2.45, 2.75) is 18.9 Å². The highest BCUT2D eigenvalue weighted by Crippen LogP contribution is 2.14. The summed E-state index contributed by atoms with van der Waals surface area (Å²) >= 11 is 0. The SMILES string of the molecule is CN=C(NCCOC)N1CCN(CC2CCCO2)CC1. The highest BCUT2D eigenvalue weighted by Gasteiger charge is 2.23. The van der Waals surface area contributed by atoms with Crippen LogP contribution >= 0.6 is 0 Å². The van der Waals surface area contributed by atoms with Crippen molar-refractivity contribution in [1.82, 2.24) is 15.1 Å². The monoisotopic (exact) mass is 284 g/mol. The topological polar surface area (TPSA) is 49.3 Å². The van der Waals surface area contributed by atoms with Crippen LogP contribution in [0.15, 0.2) is 4.99 Å². The zero-order valence-electron chi connectivity index (χ0n) is 12.8. The Bertz CT molecular complexity index is 298. The van der Waals surface area contributed by atoms with Gasteiger partial charge in [0, 0.05) is 60.0 Å². The van der Waals surface area contributed by atoms with Gasteiger partial charge in [0.25, 0.3) is 0 Å². The van der Waals surface area contributed by atoms with E-state index < -0.39 is 0 Å². The van der Waals surface area contributed by atoms with Crippen LogP contribution in [-0.4, -0.2) is 88.5 Å². The molecular weight excluding hydrogens is 256 g/mol. The second-order valence-electron chi connectivity index (χ2n) is 5.39. The first-order valence-electron chi connectivity index (χ1n) is 7.62. The van der Waals surface area contributed by atoms with Crippen molar-refractivity contribution in [3.63, 3.8) is 0 Å². The Morgan fingerprint density at radius 3 is 2.75 bits per heavy atom. The predicted octanol–water partition coefficient (Wildman–Crippen LogP) is 0.00480. The van der Waals surface area contributed by atoms with Gasteiger partial charge in [-0.05, 0) is 12.8 Å². The molecule has 2 aliphatic rings. The highest BCUT2D eigenvalue weighted by atomic mass is 16.5. The molecule has 0 aromatic heterocycles. The Labute approximate surface area is 122 Å². The van der Waals surface area contributed by atoms with E-state index in [9.17, 15) is 0 Å². The van der Waals surface area contributed by atoms with Gasteiger partial charge in [0.2, 0.25) is 0 Å². The summed E-state index contributed by atoms with van der Waals surface area (Å²) in [7, 11) is 3.56. The first kappa shape index (κ1) is 15.5. The van der Waals surface area contributed by atoms with Gasteiger partial charge >= 0.3 is 0 Å². The number of rotatable bonds is 5. The van der Waals surface area contributed by atoms with Crippen molar-refractivity contribution in [2.75, 3.05) is 66.6 Å². The molecule has 0 saturated carbocycles. The number of hydrogen-bond donors (Lipinski definition) is 1. The van der Waals surface area contributed by atoms with E-state index in [2.05, 4.69) is 20.1 Å². The summed E-state index contributed by atoms with van der Waals surface area (Å²) in [6.45, 7) is 7.77. The Kier molecular flexibility index (Phi) is 6.56. The number of guanidine groups is 1. The fraction of sp³-hybridized carbons (Fsp3) is 0.929. The number of ether oxygens (including phenoxy) is 2. The molecule has 6 heteroatoms. The van der Waals surface area contributed by atoms with Crippen LogP contribution in [0, 0.1) is 0 Å². The molecule has 0 radical (unpaired) electrons. The average Bonchev–Trinajstić information content (AvgIpc) is 2.98. The summed E-state index contributed by atoms with van der Waals surface area (Å²) < 4.78 is 10.8. The molecule has 20 heavy (non-hydrogen) atoms. The summed E-state index contributed by atoms with van der Waals surface area (Å²) in [5, 5.41) is 3.34. The van der Waals surface area contributed by atoms with E-state index in [1.165, 1.54) is 12.8 Å². The lowest BCUT2D eigenvalue weighted by Gasteiger charge is -2.37. The summed E-state index contributed by atoms with van der Waals surface area (Å²) in [5.41, 5.74) is 0. The van der Waals surface area contributed by atoms with Gasteiger partial charge in [-0.3, -0.25) is 9.89 Å². The molecule has 2 saturated heterocycles. The van der Waals surface area contributed by atoms with Gasteiger partial charge in [-0.1, -0.05) is 0 Å². The standard InChI is InChI=1S/C14H28N4O2/c1-15-14(16-5-11-19-2)18-8-6-17(7-9-18)12-13-4-3-10-20-13/h13H,3-12H2,1-2H3,(H,15,16). The van der Waals surface area contributed by atoms with Crippen molar-refractivity contribution in [3.05, 3.63) is 0 Å². The van der Waals surface area contributed by atoms with Crippen molar-refractivity contribution in [3.8, 4) is 0 Å². The van der Waals surface area contributed by atoms with Crippen LogP contribution in [0.5, 0.6) is 0 Å². The Morgan fingerprint density at radius 1 is 1.35 bits per heavy atom. The van der Waals surface area contributed by atoms with Crippen LogP contribution in [0.25, 0.3) is 0 Å². The van der Waals surface area contributed by atoms with E-state index in [1.807, 2.05) is 7.05 Å². The lowest BCUT2D eigenvalue weighted by atomic mass is 10.2. The number of nitrogens with zero attached hydrogens (tertiary/aromatic N) is 3. The van der Waals surface area contributed by atoms with Crippen molar-refractivity contribution < 1.29 is 9.47 Å². The Morgan fingerprint density at radius 2 is 2.15 bits per heavy atom. The minimum atomic E-state index is 0.459. The molecule has 116 valence electrons. The molecule has 6 nitrogen and oxygen atoms in total. The smallest absolute Gasteiger partial charge is 0.193 e. The maximum atomic E-state index is 5.71. The van der Waals surface area contributed by atoms with Crippen LogP contribution in [0.1, 0.15) is 12.8 Å². The number of methoxy groups -OCH3 is 1. The summed E-state index contributed by atoms with van der Waals surface area (Å²) in [4.78, 5) is 9.17. The number of piperazine rings is 1. The number of hydrogen-bond acceptors (Lipinski definition) is 4. The first-order valence-corrected chi connectivity index (χ1v) is 7.62. The lowest BCUT2D eigenvalue weighted by molar-refractivity contribution is 0.0599. The molecule has 0 aromatic rings. The van der Waals surface area contributed by atoms with Gasteiger partial charge in [-0.15, -0.1) is 0 Å². The Balaban J connectivity index is 1.69. The third kappa shape index (κ3) is 4.61. The molecule has 2 aliphatic heterocycles. The molecule has 0 amide bonds. The maximum Gasteiger partial charge on any atom is 0.193 e. The van der Waals surface area contributed by atoms with Gasteiger partial charge in [-0.2, -0.15) is 0 Å². The average molecular weight is 284 g/mol. The molecule has 1 N–H and O–H groups in total. The van der Waals surface area contributed by atoms with Crippen LogP contribution in [0.2, 0.25) is 0 Å². The van der Waals surface area contributed by atoms with Gasteiger partial charge in [0.15, 0.2) is 5.96 Å². The number of nitrogens with one attached hydrogen (secondary N) is 1. The molecule has 1 unspecified atom stereocenters. The van der Waals surface area contributed by atoms with Crippen LogP contribution in [0.3, 0.4) is 0 Å². The fourth-order valence-corrected chi connectivity index (χ4v) is 2.82. The minimum Gasteiger partial charge on any atom is -0.383 e. The van der Waals surface area contributed by atoms with Crippen molar-refractivity contribution in [1.29, 1.82) is 0 Å². The zero-order valence-corrected chi connectivity index (χ0v) is 12.8. The van der Waals surface area contributed by atoms with E-state index in [-0.39, 0.29) is 0 Å². The second kappa shape index (κ2) is 8.44. The molecule has 2 heterocycles. The fourth-order valence-electron chi connectivity index (χ4n) is 2.82. The quantitative estimate of drug-likeness (QED) is 0.438. The normalized spacial score (nSPS) is 25.2. The molecule has 1 atom stereocenters. The Hall–Kier alpha value is -0.850. The van der Waals surface area contributed by atoms with Crippen molar-refractivity contribution in [2.24, 2.45) is 4.99 Å². The van der Waals surface area contributed by atoms with Crippen LogP contribution in [0.4, 0.5) is 0 Å². The molecule has 0 spiro atoms. The summed E-state index contributed by atoms with van der Waals surface area (Å²) in [5.74, 6) is 0.985. The minimum absolute atomic E-state index is 0.459. The van der Waals surface area contributed by atoms with E-state index >= 15 is 0 Å². The molecular formula is C14H28N4O2. The lowest BCUT2D eigenvalue weighted by Crippen LogP contribution is -2.53. The van der Waals surface area contributed by atoms with E-state index in [4.69, 9.17) is 9.47 Å². The number of aliphatic imine (C=N–C) groups is 1. The van der Waals surface area contributed by atoms with Crippen molar-refractivity contribution >= 4 is 5.96 Å². The summed E-state index contributed by atoms with van der Waals surface area (Å²) in [6, 6.07) is 0. The van der Waals surface area contributed by atoms with Gasteiger partial charge in [0.1, 0.15) is 0 Å². The molecule has 0 aromatic carbocycles. The third-order valence-electron chi connectivity index (χ3n) is 3.96. The molecule has 2 fully saturated rings. The zero-order chi connectivity index (χ0) is 14.2. The maximum absolute atomic E-state index is 5.71. The molecule has 0 aliphatic carbocycles. The summed E-state index contributed by atoms with van der Waals surface area (Å²) in [6.07, 6.45) is 2.90. The third-order valence-corrected chi connectivity index (χ3v) is 3.96.